The van der Waals surface area contributed by atoms with Crippen LogP contribution in [0.2, 0.25) is 0 Å². The maximum Gasteiger partial charge on any atom is 0.140 e. The van der Waals surface area contributed by atoms with Crippen LogP contribution in [0.3, 0.4) is 0 Å². The lowest BCUT2D eigenvalue weighted by Gasteiger charge is -2.14. The molecule has 0 saturated heterocycles. The largest absolute Gasteiger partial charge is 0.495 e. The predicted octanol–water partition coefficient (Wildman–Crippen LogP) is 3.53. The molecule has 0 bridgehead atoms. The molecule has 0 heterocycles. The van der Waals surface area contributed by atoms with Gasteiger partial charge in [-0.2, -0.15) is 5.26 Å². The van der Waals surface area contributed by atoms with Crippen LogP contribution in [-0.4, -0.2) is 7.11 Å². The van der Waals surface area contributed by atoms with Crippen LogP contribution < -0.4 is 4.74 Å². The Morgan fingerprint density at radius 2 is 2.20 bits per heavy atom. The fraction of sp³-hybridized carbons (Fsp3) is 0.364. The van der Waals surface area contributed by atoms with E-state index in [2.05, 4.69) is 15.9 Å². The number of halogens is 2. The number of rotatable bonds is 2. The molecule has 0 saturated carbocycles. The summed E-state index contributed by atoms with van der Waals surface area (Å²) in [4.78, 5) is 0. The molecule has 0 aliphatic carbocycles. The van der Waals surface area contributed by atoms with Gasteiger partial charge in [0.15, 0.2) is 0 Å². The summed E-state index contributed by atoms with van der Waals surface area (Å²) in [5, 5.41) is 8.83. The summed E-state index contributed by atoms with van der Waals surface area (Å²) in [7, 11) is 1.46. The summed E-state index contributed by atoms with van der Waals surface area (Å²) in [6.45, 7) is 3.31. The Hall–Kier alpha value is -1.08. The van der Waals surface area contributed by atoms with Crippen molar-refractivity contribution < 1.29 is 9.13 Å². The van der Waals surface area contributed by atoms with E-state index in [1.165, 1.54) is 7.11 Å². The third kappa shape index (κ3) is 2.13. The highest BCUT2D eigenvalue weighted by Crippen LogP contribution is 2.37. The standard InChI is InChI=1S/C11H11BrFNO/c1-6-4-8(12)11(15-3)9(10(6)13)7(2)5-14/h4,7H,1-3H3. The molecule has 80 valence electrons. The first kappa shape index (κ1) is 12.0. The fourth-order valence-corrected chi connectivity index (χ4v) is 2.14. The highest BCUT2D eigenvalue weighted by Gasteiger charge is 2.20. The summed E-state index contributed by atoms with van der Waals surface area (Å²) in [5.74, 6) is -0.507. The first-order valence-corrected chi connectivity index (χ1v) is 5.24. The SMILES string of the molecule is COc1c(Br)cc(C)c(F)c1C(C)C#N. The number of methoxy groups -OCH3 is 1. The smallest absolute Gasteiger partial charge is 0.140 e. The van der Waals surface area contributed by atoms with E-state index in [0.717, 1.165) is 0 Å². The van der Waals surface area contributed by atoms with Crippen LogP contribution in [0.5, 0.6) is 5.75 Å². The van der Waals surface area contributed by atoms with E-state index in [-0.39, 0.29) is 5.82 Å². The molecule has 2 nitrogen and oxygen atoms in total. The average molecular weight is 272 g/mol. The quantitative estimate of drug-likeness (QED) is 0.825. The molecule has 0 aliphatic heterocycles. The Morgan fingerprint density at radius 3 is 2.67 bits per heavy atom. The number of nitrogens with zero attached hydrogens (tertiary/aromatic N) is 1. The van der Waals surface area contributed by atoms with Crippen molar-refractivity contribution in [2.24, 2.45) is 0 Å². The maximum absolute atomic E-state index is 13.8. The highest BCUT2D eigenvalue weighted by atomic mass is 79.9. The van der Waals surface area contributed by atoms with Crippen LogP contribution in [0, 0.1) is 24.1 Å². The molecule has 15 heavy (non-hydrogen) atoms. The molecule has 1 aromatic carbocycles. The van der Waals surface area contributed by atoms with Crippen LogP contribution >= 0.6 is 15.9 Å². The molecular weight excluding hydrogens is 261 g/mol. The van der Waals surface area contributed by atoms with Gasteiger partial charge in [0.2, 0.25) is 0 Å². The van der Waals surface area contributed by atoms with Gasteiger partial charge in [0, 0.05) is 5.56 Å². The van der Waals surface area contributed by atoms with Crippen molar-refractivity contribution in [1.82, 2.24) is 0 Å². The van der Waals surface area contributed by atoms with Gasteiger partial charge in [-0.15, -0.1) is 0 Å². The van der Waals surface area contributed by atoms with Gasteiger partial charge >= 0.3 is 0 Å². The summed E-state index contributed by atoms with van der Waals surface area (Å²) in [5.41, 5.74) is 0.812. The third-order valence-corrected chi connectivity index (χ3v) is 2.81. The molecule has 0 radical (unpaired) electrons. The van der Waals surface area contributed by atoms with E-state index in [4.69, 9.17) is 10.00 Å². The zero-order valence-corrected chi connectivity index (χ0v) is 10.4. The lowest BCUT2D eigenvalue weighted by molar-refractivity contribution is 0.400. The van der Waals surface area contributed by atoms with Crippen molar-refractivity contribution >= 4 is 15.9 Å². The molecule has 1 unspecified atom stereocenters. The van der Waals surface area contributed by atoms with Crippen LogP contribution in [0.15, 0.2) is 10.5 Å². The van der Waals surface area contributed by atoms with Gasteiger partial charge < -0.3 is 4.74 Å². The van der Waals surface area contributed by atoms with Gasteiger partial charge in [-0.25, -0.2) is 4.39 Å². The van der Waals surface area contributed by atoms with Crippen LogP contribution in [0.25, 0.3) is 0 Å². The summed E-state index contributed by atoms with van der Waals surface area (Å²) < 4.78 is 19.6. The van der Waals surface area contributed by atoms with E-state index in [1.54, 1.807) is 19.9 Å². The zero-order chi connectivity index (χ0) is 11.6. The van der Waals surface area contributed by atoms with Crippen LogP contribution in [0.4, 0.5) is 4.39 Å². The summed E-state index contributed by atoms with van der Waals surface area (Å²) in [6, 6.07) is 3.65. The Bertz CT molecular complexity index is 426. The molecule has 0 aromatic heterocycles. The first-order valence-electron chi connectivity index (χ1n) is 4.45. The Balaban J connectivity index is 3.52. The van der Waals surface area contributed by atoms with Gasteiger partial charge in [0.1, 0.15) is 11.6 Å². The molecule has 4 heteroatoms. The maximum atomic E-state index is 13.8. The fourth-order valence-electron chi connectivity index (χ4n) is 1.42. The predicted molar refractivity (Wildman–Crippen MR) is 59.4 cm³/mol. The van der Waals surface area contributed by atoms with Gasteiger partial charge in [-0.1, -0.05) is 0 Å². The monoisotopic (exact) mass is 271 g/mol. The van der Waals surface area contributed by atoms with Crippen molar-refractivity contribution in [3.63, 3.8) is 0 Å². The second-order valence-electron chi connectivity index (χ2n) is 3.29. The molecule has 0 N–H and O–H groups in total. The Kier molecular flexibility index (Phi) is 3.70. The molecule has 0 aliphatic rings. The Morgan fingerprint density at radius 1 is 1.60 bits per heavy atom. The van der Waals surface area contributed by atoms with Crippen LogP contribution in [0.1, 0.15) is 24.0 Å². The molecule has 1 rings (SSSR count). The molecule has 0 spiro atoms. The van der Waals surface area contributed by atoms with E-state index in [1.807, 2.05) is 6.07 Å². The normalized spacial score (nSPS) is 12.0. The average Bonchev–Trinajstić information content (AvgIpc) is 2.21. The minimum atomic E-state index is -0.531. The number of hydrogen-bond donors (Lipinski definition) is 0. The topological polar surface area (TPSA) is 33.0 Å². The van der Waals surface area contributed by atoms with Gasteiger partial charge in [-0.3, -0.25) is 0 Å². The van der Waals surface area contributed by atoms with E-state index >= 15 is 0 Å². The number of benzene rings is 1. The molecule has 0 fully saturated rings. The minimum absolute atomic E-state index is 0.312. The zero-order valence-electron chi connectivity index (χ0n) is 8.77. The van der Waals surface area contributed by atoms with E-state index in [9.17, 15) is 4.39 Å². The van der Waals surface area contributed by atoms with E-state index in [0.29, 0.717) is 21.3 Å². The highest BCUT2D eigenvalue weighted by molar-refractivity contribution is 9.10. The Labute approximate surface area is 96.8 Å². The van der Waals surface area contributed by atoms with Crippen molar-refractivity contribution in [3.8, 4) is 11.8 Å². The summed E-state index contributed by atoms with van der Waals surface area (Å²) >= 11 is 3.29. The molecule has 1 aromatic rings. The number of hydrogen-bond acceptors (Lipinski definition) is 2. The number of aryl methyl sites for hydroxylation is 1. The summed E-state index contributed by atoms with van der Waals surface area (Å²) in [6.07, 6.45) is 0. The van der Waals surface area contributed by atoms with Crippen molar-refractivity contribution in [2.75, 3.05) is 7.11 Å². The van der Waals surface area contributed by atoms with Crippen molar-refractivity contribution in [2.45, 2.75) is 19.8 Å². The molecular formula is C11H11BrFNO. The molecule has 1 atom stereocenters. The van der Waals surface area contributed by atoms with Gasteiger partial charge in [0.25, 0.3) is 0 Å². The van der Waals surface area contributed by atoms with Crippen molar-refractivity contribution in [3.05, 3.63) is 27.5 Å². The molecule has 0 amide bonds. The van der Waals surface area contributed by atoms with Gasteiger partial charge in [-0.05, 0) is 41.4 Å². The van der Waals surface area contributed by atoms with Crippen molar-refractivity contribution in [1.29, 1.82) is 5.26 Å². The first-order chi connectivity index (χ1) is 7.02. The second kappa shape index (κ2) is 4.63. The number of nitriles is 1. The van der Waals surface area contributed by atoms with E-state index < -0.39 is 5.92 Å². The minimum Gasteiger partial charge on any atom is -0.495 e. The number of ether oxygens (including phenoxy) is 1. The third-order valence-electron chi connectivity index (χ3n) is 2.22. The van der Waals surface area contributed by atoms with Crippen LogP contribution in [-0.2, 0) is 0 Å². The van der Waals surface area contributed by atoms with Gasteiger partial charge in [0.05, 0.1) is 23.6 Å². The lowest BCUT2D eigenvalue weighted by atomic mass is 9.98. The second-order valence-corrected chi connectivity index (χ2v) is 4.14. The lowest BCUT2D eigenvalue weighted by Crippen LogP contribution is -2.02.